The van der Waals surface area contributed by atoms with Gasteiger partial charge in [0.15, 0.2) is 6.10 Å². The average molecular weight is 165 g/mol. The van der Waals surface area contributed by atoms with E-state index in [2.05, 4.69) is 4.74 Å². The highest BCUT2D eigenvalue weighted by Crippen LogP contribution is 2.26. The molecule has 0 aliphatic carbocycles. The molecule has 1 aliphatic rings. The second-order valence-electron chi connectivity index (χ2n) is 2.41. The van der Waals surface area contributed by atoms with Crippen molar-refractivity contribution in [2.75, 3.05) is 6.61 Å². The molecule has 4 atom stereocenters. The zero-order chi connectivity index (χ0) is 8.65. The summed E-state index contributed by atoms with van der Waals surface area (Å²) in [6.07, 6.45) is -4.67. The molecule has 0 spiro atoms. The van der Waals surface area contributed by atoms with Crippen molar-refractivity contribution in [3.63, 3.8) is 0 Å². The van der Waals surface area contributed by atoms with Crippen LogP contribution in [-0.4, -0.2) is 51.3 Å². The first-order valence-electron chi connectivity index (χ1n) is 3.06. The molecule has 0 aromatic carbocycles. The molecule has 1 radical (unpaired) electrons. The Morgan fingerprint density at radius 1 is 1.45 bits per heavy atom. The number of aliphatic hydroxyl groups excluding tert-OH is 3. The van der Waals surface area contributed by atoms with Crippen LogP contribution < -0.4 is 0 Å². The second kappa shape index (κ2) is 2.67. The van der Waals surface area contributed by atoms with Crippen molar-refractivity contribution in [3.05, 3.63) is 0 Å². The largest absolute Gasteiger partial charge is 0.394 e. The maximum absolute atomic E-state index is 10.6. The van der Waals surface area contributed by atoms with E-state index in [1.54, 1.807) is 0 Å². The molecule has 0 bridgehead atoms. The zero-order valence-corrected chi connectivity index (χ0v) is 5.54. The van der Waals surface area contributed by atoms with Gasteiger partial charge in [0.25, 0.3) is 0 Å². The van der Waals surface area contributed by atoms with Crippen LogP contribution >= 0.6 is 0 Å². The Balaban J connectivity index is 2.69. The van der Waals surface area contributed by atoms with Crippen molar-refractivity contribution in [1.29, 1.82) is 0 Å². The Kier molecular flexibility index (Phi) is 2.15. The fraction of sp³-hybridized carbons (Fsp3) is 1.00. The van der Waals surface area contributed by atoms with Gasteiger partial charge in [-0.15, -0.1) is 0 Å². The van der Waals surface area contributed by atoms with Crippen LogP contribution in [0.1, 0.15) is 0 Å². The molecular weight excluding hydrogens is 156 g/mol. The molecule has 1 fully saturated rings. The Labute approximate surface area is 62.3 Å². The van der Waals surface area contributed by atoms with Crippen molar-refractivity contribution >= 4 is 0 Å². The predicted octanol–water partition coefficient (Wildman–Crippen LogP) is -2.82. The molecule has 11 heavy (non-hydrogen) atoms. The number of hydrogen-bond acceptors (Lipinski definition) is 5. The van der Waals surface area contributed by atoms with Gasteiger partial charge in [-0.2, -0.15) is 5.11 Å². The van der Waals surface area contributed by atoms with E-state index in [9.17, 15) is 5.11 Å². The summed E-state index contributed by atoms with van der Waals surface area (Å²) in [5.41, 5.74) is 0. The lowest BCUT2D eigenvalue weighted by molar-refractivity contribution is -0.384. The van der Waals surface area contributed by atoms with Gasteiger partial charge in [-0.25, -0.2) is 0 Å². The van der Waals surface area contributed by atoms with Crippen LogP contribution in [0.25, 0.3) is 0 Å². The molecule has 1 rings (SSSR count). The van der Waals surface area contributed by atoms with Crippen LogP contribution in [0.5, 0.6) is 0 Å². The number of ether oxygens (including phenoxy) is 1. The summed E-state index contributed by atoms with van der Waals surface area (Å²) in [5.74, 6) is -3.01. The lowest BCUT2D eigenvalue weighted by Gasteiger charge is -2.14. The minimum absolute atomic E-state index is 0.622. The molecule has 4 N–H and O–H groups in total. The van der Waals surface area contributed by atoms with E-state index in [1.165, 1.54) is 0 Å². The summed E-state index contributed by atoms with van der Waals surface area (Å²) in [6.45, 7) is -0.622. The third-order valence-electron chi connectivity index (χ3n) is 1.58. The molecule has 6 heteroatoms. The van der Waals surface area contributed by atoms with Gasteiger partial charge in [0, 0.05) is 0 Å². The van der Waals surface area contributed by atoms with Crippen molar-refractivity contribution in [2.45, 2.75) is 24.3 Å². The summed E-state index contributed by atoms with van der Waals surface area (Å²) in [7, 11) is 0. The van der Waals surface area contributed by atoms with Crippen molar-refractivity contribution in [1.82, 2.24) is 0 Å². The standard InChI is InChI=1S/C5H9O6/c6-1-2-3(7)4(8)5(9,10)11-2/h2-4,6-9H,1H2/t2-,3-,4-,5?/m1/s1. The Morgan fingerprint density at radius 3 is 2.18 bits per heavy atom. The van der Waals surface area contributed by atoms with Crippen molar-refractivity contribution in [2.24, 2.45) is 0 Å². The van der Waals surface area contributed by atoms with E-state index in [0.717, 1.165) is 0 Å². The van der Waals surface area contributed by atoms with Gasteiger partial charge in [0.1, 0.15) is 12.2 Å². The van der Waals surface area contributed by atoms with Crippen molar-refractivity contribution in [3.8, 4) is 0 Å². The van der Waals surface area contributed by atoms with Crippen LogP contribution in [0.4, 0.5) is 0 Å². The smallest absolute Gasteiger partial charge is 0.339 e. The highest BCUT2D eigenvalue weighted by atomic mass is 16.8. The number of rotatable bonds is 1. The van der Waals surface area contributed by atoms with E-state index in [1.807, 2.05) is 0 Å². The topological polar surface area (TPSA) is 110 Å². The summed E-state index contributed by atoms with van der Waals surface area (Å²) in [4.78, 5) is 0. The lowest BCUT2D eigenvalue weighted by Crippen LogP contribution is -2.41. The summed E-state index contributed by atoms with van der Waals surface area (Å²) < 4.78 is 4.17. The minimum Gasteiger partial charge on any atom is -0.394 e. The van der Waals surface area contributed by atoms with Gasteiger partial charge >= 0.3 is 5.97 Å². The van der Waals surface area contributed by atoms with Crippen LogP contribution in [0.2, 0.25) is 0 Å². The Bertz CT molecular complexity index is 146. The van der Waals surface area contributed by atoms with Gasteiger partial charge in [0.2, 0.25) is 0 Å². The highest BCUT2D eigenvalue weighted by Gasteiger charge is 2.53. The van der Waals surface area contributed by atoms with Gasteiger partial charge in [-0.1, -0.05) is 0 Å². The normalized spacial score (nSPS) is 42.8. The van der Waals surface area contributed by atoms with E-state index < -0.39 is 30.9 Å². The molecule has 6 nitrogen and oxygen atoms in total. The summed E-state index contributed by atoms with van der Waals surface area (Å²) in [6, 6.07) is 0. The van der Waals surface area contributed by atoms with Crippen LogP contribution in [0.15, 0.2) is 0 Å². The predicted molar refractivity (Wildman–Crippen MR) is 29.6 cm³/mol. The highest BCUT2D eigenvalue weighted by molar-refractivity contribution is 4.88. The molecule has 0 amide bonds. The van der Waals surface area contributed by atoms with Crippen molar-refractivity contribution < 1.29 is 30.3 Å². The lowest BCUT2D eigenvalue weighted by atomic mass is 10.1. The molecule has 1 saturated heterocycles. The summed E-state index contributed by atoms with van der Waals surface area (Å²) in [5, 5.41) is 45.4. The quantitative estimate of drug-likeness (QED) is 0.313. The minimum atomic E-state index is -3.01. The molecule has 0 aromatic rings. The van der Waals surface area contributed by atoms with Gasteiger partial charge < -0.3 is 25.2 Å². The maximum atomic E-state index is 10.6. The van der Waals surface area contributed by atoms with E-state index in [4.69, 9.17) is 20.4 Å². The molecule has 1 heterocycles. The first kappa shape index (κ1) is 8.85. The van der Waals surface area contributed by atoms with E-state index in [0.29, 0.717) is 0 Å². The molecule has 1 aliphatic heterocycles. The molecule has 65 valence electrons. The van der Waals surface area contributed by atoms with Gasteiger partial charge in [0.05, 0.1) is 6.61 Å². The molecule has 1 unspecified atom stereocenters. The molecule has 0 aromatic heterocycles. The first-order chi connectivity index (χ1) is 4.99. The monoisotopic (exact) mass is 165 g/mol. The Hall–Kier alpha value is -0.240. The Morgan fingerprint density at radius 2 is 2.00 bits per heavy atom. The summed E-state index contributed by atoms with van der Waals surface area (Å²) >= 11 is 0. The van der Waals surface area contributed by atoms with Crippen LogP contribution in [0.3, 0.4) is 0 Å². The zero-order valence-electron chi connectivity index (χ0n) is 5.54. The van der Waals surface area contributed by atoms with Crippen LogP contribution in [0, 0.1) is 0 Å². The molecular formula is C5H9O6. The van der Waals surface area contributed by atoms with Gasteiger partial charge in [-0.05, 0) is 0 Å². The van der Waals surface area contributed by atoms with E-state index >= 15 is 0 Å². The average Bonchev–Trinajstić information content (AvgIpc) is 2.13. The molecule has 0 saturated carbocycles. The number of hydrogen-bond donors (Lipinski definition) is 4. The first-order valence-corrected chi connectivity index (χ1v) is 3.06. The fourth-order valence-corrected chi connectivity index (χ4v) is 0.921. The maximum Gasteiger partial charge on any atom is 0.339 e. The SMILES string of the molecule is [O]C1(O)O[C@H](CO)[C@@H](O)[C@H]1O. The number of aliphatic hydroxyl groups is 4. The van der Waals surface area contributed by atoms with E-state index in [-0.39, 0.29) is 0 Å². The second-order valence-corrected chi connectivity index (χ2v) is 2.41. The fourth-order valence-electron chi connectivity index (χ4n) is 0.921. The van der Waals surface area contributed by atoms with Crippen LogP contribution in [-0.2, 0) is 9.84 Å². The third-order valence-corrected chi connectivity index (χ3v) is 1.58. The van der Waals surface area contributed by atoms with Gasteiger partial charge in [-0.3, -0.25) is 0 Å². The third kappa shape index (κ3) is 1.36.